The van der Waals surface area contributed by atoms with Crippen molar-refractivity contribution in [1.82, 2.24) is 0 Å². The number of alkyl halides is 1. The van der Waals surface area contributed by atoms with Gasteiger partial charge < -0.3 is 0 Å². The van der Waals surface area contributed by atoms with Crippen LogP contribution in [0.1, 0.15) is 6.92 Å². The zero-order valence-corrected chi connectivity index (χ0v) is 6.45. The lowest BCUT2D eigenvalue weighted by molar-refractivity contribution is 0.330. The Kier molecular flexibility index (Phi) is 4.33. The van der Waals surface area contributed by atoms with Gasteiger partial charge in [-0.3, -0.25) is 0 Å². The summed E-state index contributed by atoms with van der Waals surface area (Å²) in [4.78, 5) is 0. The Balaban J connectivity index is 4.77. The van der Waals surface area contributed by atoms with E-state index in [1.807, 2.05) is 0 Å². The first-order chi connectivity index (χ1) is 5.50. The first kappa shape index (κ1) is 10.9. The summed E-state index contributed by atoms with van der Waals surface area (Å²) in [5.41, 5.74) is 0. The van der Waals surface area contributed by atoms with E-state index in [1.165, 1.54) is 0 Å². The maximum Gasteiger partial charge on any atom is 0.193 e. The van der Waals surface area contributed by atoms with Crippen LogP contribution in [-0.4, -0.2) is 6.17 Å². The molecule has 0 aromatic rings. The van der Waals surface area contributed by atoms with Gasteiger partial charge in [-0.15, -0.1) is 0 Å². The Labute approximate surface area is 67.9 Å². The van der Waals surface area contributed by atoms with Crippen molar-refractivity contribution in [3.05, 3.63) is 36.2 Å². The number of halogens is 4. The quantitative estimate of drug-likeness (QED) is 0.460. The van der Waals surface area contributed by atoms with E-state index in [-0.39, 0.29) is 0 Å². The smallest absolute Gasteiger partial charge is 0.193 e. The summed E-state index contributed by atoms with van der Waals surface area (Å²) in [5.74, 6) is -5.03. The summed E-state index contributed by atoms with van der Waals surface area (Å²) >= 11 is 0. The molecule has 0 bridgehead atoms. The van der Waals surface area contributed by atoms with E-state index in [9.17, 15) is 17.6 Å². The van der Waals surface area contributed by atoms with Crippen LogP contribution in [-0.2, 0) is 0 Å². The summed E-state index contributed by atoms with van der Waals surface area (Å²) in [6, 6.07) is 0. The lowest BCUT2D eigenvalue weighted by Crippen LogP contribution is -1.95. The second kappa shape index (κ2) is 4.74. The van der Waals surface area contributed by atoms with Crippen molar-refractivity contribution >= 4 is 0 Å². The van der Waals surface area contributed by atoms with Crippen molar-refractivity contribution in [2.45, 2.75) is 13.1 Å². The molecule has 0 radical (unpaired) electrons. The number of hydrogen-bond acceptors (Lipinski definition) is 0. The van der Waals surface area contributed by atoms with Gasteiger partial charge in [0.15, 0.2) is 23.7 Å². The molecule has 0 rings (SSSR count). The number of allylic oxidation sites excluding steroid dienone is 5. The molecule has 1 unspecified atom stereocenters. The van der Waals surface area contributed by atoms with E-state index in [0.717, 1.165) is 13.0 Å². The van der Waals surface area contributed by atoms with Crippen LogP contribution in [0.25, 0.3) is 0 Å². The Hall–Kier alpha value is -1.06. The van der Waals surface area contributed by atoms with E-state index >= 15 is 0 Å². The van der Waals surface area contributed by atoms with Crippen molar-refractivity contribution < 1.29 is 17.6 Å². The highest BCUT2D eigenvalue weighted by atomic mass is 19.2. The maximum absolute atomic E-state index is 12.4. The minimum atomic E-state index is -2.14. The minimum Gasteiger partial charge on any atom is -0.240 e. The minimum absolute atomic E-state index is 0.608. The molecular formula is C8H8F4. The first-order valence-corrected chi connectivity index (χ1v) is 3.18. The fourth-order valence-corrected chi connectivity index (χ4v) is 0.465. The van der Waals surface area contributed by atoms with Crippen molar-refractivity contribution in [3.8, 4) is 0 Å². The third-order valence-electron chi connectivity index (χ3n) is 1.03. The Morgan fingerprint density at radius 1 is 1.33 bits per heavy atom. The Bertz CT molecular complexity index is 225. The third-order valence-corrected chi connectivity index (χ3v) is 1.03. The first-order valence-electron chi connectivity index (χ1n) is 3.18. The zero-order chi connectivity index (χ0) is 9.72. The van der Waals surface area contributed by atoms with Crippen LogP contribution in [0.2, 0.25) is 0 Å². The molecule has 0 aromatic carbocycles. The second-order valence-corrected chi connectivity index (χ2v) is 2.03. The molecule has 0 nitrogen and oxygen atoms in total. The van der Waals surface area contributed by atoms with Gasteiger partial charge in [0, 0.05) is 0 Å². The molecule has 0 heterocycles. The van der Waals surface area contributed by atoms with Crippen molar-refractivity contribution in [2.24, 2.45) is 0 Å². The van der Waals surface area contributed by atoms with Crippen molar-refractivity contribution in [2.75, 3.05) is 0 Å². The van der Waals surface area contributed by atoms with Gasteiger partial charge in [-0.2, -0.15) is 0 Å². The van der Waals surface area contributed by atoms with Crippen molar-refractivity contribution in [3.63, 3.8) is 0 Å². The molecule has 0 saturated carbocycles. The van der Waals surface area contributed by atoms with Crippen LogP contribution in [0.4, 0.5) is 17.6 Å². The predicted molar refractivity (Wildman–Crippen MR) is 39.2 cm³/mol. The van der Waals surface area contributed by atoms with Gasteiger partial charge in [-0.1, -0.05) is 12.7 Å². The van der Waals surface area contributed by atoms with E-state index < -0.39 is 23.7 Å². The molecule has 0 spiro atoms. The molecular weight excluding hydrogens is 172 g/mol. The zero-order valence-electron chi connectivity index (χ0n) is 6.45. The highest BCUT2D eigenvalue weighted by Crippen LogP contribution is 2.22. The second-order valence-electron chi connectivity index (χ2n) is 2.03. The van der Waals surface area contributed by atoms with Crippen molar-refractivity contribution in [1.29, 1.82) is 0 Å². The maximum atomic E-state index is 12.4. The van der Waals surface area contributed by atoms with Gasteiger partial charge in [-0.05, 0) is 13.0 Å². The van der Waals surface area contributed by atoms with Crippen LogP contribution in [0.15, 0.2) is 36.2 Å². The van der Waals surface area contributed by atoms with Crippen LogP contribution < -0.4 is 0 Å². The fourth-order valence-electron chi connectivity index (χ4n) is 0.465. The summed E-state index contributed by atoms with van der Waals surface area (Å²) in [5, 5.41) is 0. The molecule has 0 aliphatic heterocycles. The van der Waals surface area contributed by atoms with Gasteiger partial charge in [0.25, 0.3) is 0 Å². The van der Waals surface area contributed by atoms with Gasteiger partial charge in [0.05, 0.1) is 0 Å². The van der Waals surface area contributed by atoms with Gasteiger partial charge in [0.1, 0.15) is 0 Å². The number of hydrogen-bond donors (Lipinski definition) is 0. The molecule has 1 atom stereocenters. The average molecular weight is 180 g/mol. The van der Waals surface area contributed by atoms with Crippen LogP contribution in [0, 0.1) is 0 Å². The molecule has 0 amide bonds. The summed E-state index contributed by atoms with van der Waals surface area (Å²) in [7, 11) is 0. The van der Waals surface area contributed by atoms with E-state index in [4.69, 9.17) is 0 Å². The molecule has 12 heavy (non-hydrogen) atoms. The standard InChI is InChI=1S/C8H8F4/c1-3-4-6(10)8(12)7(11)5(2)9/h3-5H,1H2,2H3/b6-4+,8-7-. The van der Waals surface area contributed by atoms with Crippen LogP contribution >= 0.6 is 0 Å². The lowest BCUT2D eigenvalue weighted by Gasteiger charge is -1.98. The average Bonchev–Trinajstić information content (AvgIpc) is 2.02. The largest absolute Gasteiger partial charge is 0.240 e. The molecule has 68 valence electrons. The van der Waals surface area contributed by atoms with E-state index in [1.54, 1.807) is 0 Å². The van der Waals surface area contributed by atoms with Gasteiger partial charge in [0.2, 0.25) is 0 Å². The predicted octanol–water partition coefficient (Wildman–Crippen LogP) is 3.53. The van der Waals surface area contributed by atoms with Crippen LogP contribution in [0.3, 0.4) is 0 Å². The summed E-state index contributed by atoms with van der Waals surface area (Å²) in [6.07, 6.45) is -0.600. The molecule has 0 aliphatic rings. The molecule has 0 aliphatic carbocycles. The Morgan fingerprint density at radius 2 is 1.83 bits per heavy atom. The third kappa shape index (κ3) is 2.90. The topological polar surface area (TPSA) is 0 Å². The van der Waals surface area contributed by atoms with Gasteiger partial charge >= 0.3 is 0 Å². The highest BCUT2D eigenvalue weighted by Gasteiger charge is 2.16. The monoisotopic (exact) mass is 180 g/mol. The van der Waals surface area contributed by atoms with Crippen LogP contribution in [0.5, 0.6) is 0 Å². The summed E-state index contributed by atoms with van der Waals surface area (Å²) < 4.78 is 49.1. The normalized spacial score (nSPS) is 16.9. The SMILES string of the molecule is C=C/C=C(F)\C(F)=C(\F)C(C)F. The molecule has 0 saturated heterocycles. The lowest BCUT2D eigenvalue weighted by atomic mass is 10.3. The molecule has 0 aromatic heterocycles. The van der Waals surface area contributed by atoms with E-state index in [0.29, 0.717) is 6.08 Å². The summed E-state index contributed by atoms with van der Waals surface area (Å²) in [6.45, 7) is 3.84. The fraction of sp³-hybridized carbons (Fsp3) is 0.250. The molecule has 0 N–H and O–H groups in total. The van der Waals surface area contributed by atoms with E-state index in [2.05, 4.69) is 6.58 Å². The molecule has 4 heteroatoms. The highest BCUT2D eigenvalue weighted by molar-refractivity contribution is 5.26. The van der Waals surface area contributed by atoms with Gasteiger partial charge in [-0.25, -0.2) is 17.6 Å². The number of rotatable bonds is 3. The molecule has 0 fully saturated rings. The Morgan fingerprint density at radius 3 is 2.17 bits per heavy atom.